The van der Waals surface area contributed by atoms with Crippen molar-refractivity contribution >= 4 is 50.7 Å². The Kier molecular flexibility index (Phi) is 10.9. The highest BCUT2D eigenvalue weighted by molar-refractivity contribution is 7.92. The van der Waals surface area contributed by atoms with Gasteiger partial charge in [-0.1, -0.05) is 35.3 Å². The maximum atomic E-state index is 13.3. The average Bonchev–Trinajstić information content (AvgIpc) is 2.80. The summed E-state index contributed by atoms with van der Waals surface area (Å²) in [6, 6.07) is 7.76. The Bertz CT molecular complexity index is 1260. The van der Waals surface area contributed by atoms with Gasteiger partial charge in [0.2, 0.25) is 21.8 Å². The molecular weight excluding hydrogens is 566 g/mol. The van der Waals surface area contributed by atoms with Crippen LogP contribution in [0.15, 0.2) is 42.5 Å². The van der Waals surface area contributed by atoms with E-state index in [0.717, 1.165) is 28.8 Å². The van der Waals surface area contributed by atoms with Crippen LogP contribution in [0, 0.1) is 0 Å². The summed E-state index contributed by atoms with van der Waals surface area (Å²) in [6.45, 7) is 4.93. The van der Waals surface area contributed by atoms with Gasteiger partial charge < -0.3 is 10.2 Å². The normalized spacial score (nSPS) is 12.8. The molecule has 210 valence electrons. The largest absolute Gasteiger partial charge is 0.416 e. The maximum absolute atomic E-state index is 13.3. The molecule has 2 aromatic rings. The molecule has 13 heteroatoms. The summed E-state index contributed by atoms with van der Waals surface area (Å²) in [7, 11) is -3.95. The summed E-state index contributed by atoms with van der Waals surface area (Å²) in [5.41, 5.74) is -0.525. The lowest BCUT2D eigenvalue weighted by Crippen LogP contribution is -2.49. The second kappa shape index (κ2) is 13.0. The Morgan fingerprint density at radius 3 is 2.24 bits per heavy atom. The Hall–Kier alpha value is -2.50. The molecular formula is C25H30Cl2F3N3O4S. The van der Waals surface area contributed by atoms with E-state index in [1.165, 1.54) is 11.0 Å². The van der Waals surface area contributed by atoms with Gasteiger partial charge in [-0.05, 0) is 63.1 Å². The highest BCUT2D eigenvalue weighted by Crippen LogP contribution is 2.32. The van der Waals surface area contributed by atoms with Crippen molar-refractivity contribution in [3.8, 4) is 0 Å². The fraction of sp³-hybridized carbons (Fsp3) is 0.440. The zero-order valence-electron chi connectivity index (χ0n) is 21.4. The van der Waals surface area contributed by atoms with Gasteiger partial charge in [-0.25, -0.2) is 8.42 Å². The van der Waals surface area contributed by atoms with Gasteiger partial charge in [-0.2, -0.15) is 13.2 Å². The quantitative estimate of drug-likeness (QED) is 0.371. The molecule has 0 bridgehead atoms. The summed E-state index contributed by atoms with van der Waals surface area (Å²) in [5.74, 6) is -0.824. The third-order valence-corrected chi connectivity index (χ3v) is 7.48. The van der Waals surface area contributed by atoms with Crippen LogP contribution in [0.5, 0.6) is 0 Å². The van der Waals surface area contributed by atoms with Crippen LogP contribution in [-0.2, 0) is 32.3 Å². The van der Waals surface area contributed by atoms with Crippen LogP contribution in [0.25, 0.3) is 0 Å². The van der Waals surface area contributed by atoms with Crippen molar-refractivity contribution in [3.05, 3.63) is 63.6 Å². The standard InChI is InChI=1S/C25H30Cl2F3N3O4S/c1-16(2)31-24(35)17(3)32(15-18-10-11-21(26)22(27)13-18)23(34)9-6-12-33(38(4,36)37)20-8-5-7-19(14-20)25(28,29)30/h5,7-8,10-11,13-14,16-17H,6,9,12,15H2,1-4H3,(H,31,35)/t17-/m1/s1. The van der Waals surface area contributed by atoms with Crippen LogP contribution in [-0.4, -0.2) is 50.0 Å². The van der Waals surface area contributed by atoms with Crippen molar-refractivity contribution in [1.29, 1.82) is 0 Å². The van der Waals surface area contributed by atoms with Crippen molar-refractivity contribution < 1.29 is 31.2 Å². The lowest BCUT2D eigenvalue weighted by Gasteiger charge is -2.30. The molecule has 0 saturated heterocycles. The number of amides is 2. The summed E-state index contributed by atoms with van der Waals surface area (Å²) in [6.07, 6.45) is -3.93. The van der Waals surface area contributed by atoms with Gasteiger partial charge in [0, 0.05) is 25.6 Å². The van der Waals surface area contributed by atoms with Gasteiger partial charge in [-0.15, -0.1) is 0 Å². The molecule has 2 amide bonds. The number of nitrogens with zero attached hydrogens (tertiary/aromatic N) is 2. The van der Waals surface area contributed by atoms with E-state index in [0.29, 0.717) is 10.6 Å². The number of hydrogen-bond donors (Lipinski definition) is 1. The number of hydrogen-bond acceptors (Lipinski definition) is 4. The van der Waals surface area contributed by atoms with Crippen molar-refractivity contribution in [2.45, 2.75) is 58.4 Å². The summed E-state index contributed by atoms with van der Waals surface area (Å²) < 4.78 is 65.0. The van der Waals surface area contributed by atoms with Crippen LogP contribution in [0.3, 0.4) is 0 Å². The monoisotopic (exact) mass is 595 g/mol. The van der Waals surface area contributed by atoms with Gasteiger partial charge in [-0.3, -0.25) is 13.9 Å². The third-order valence-electron chi connectivity index (χ3n) is 5.55. The number of rotatable bonds is 11. The summed E-state index contributed by atoms with van der Waals surface area (Å²) in [5, 5.41) is 3.36. The highest BCUT2D eigenvalue weighted by atomic mass is 35.5. The van der Waals surface area contributed by atoms with E-state index in [1.807, 2.05) is 0 Å². The molecule has 0 aromatic heterocycles. The molecule has 38 heavy (non-hydrogen) atoms. The van der Waals surface area contributed by atoms with Crippen molar-refractivity contribution in [3.63, 3.8) is 0 Å². The van der Waals surface area contributed by atoms with Crippen LogP contribution in [0.2, 0.25) is 10.0 Å². The van der Waals surface area contributed by atoms with Gasteiger partial charge in [0.15, 0.2) is 0 Å². The predicted molar refractivity (Wildman–Crippen MR) is 143 cm³/mol. The number of benzene rings is 2. The van der Waals surface area contributed by atoms with E-state index in [4.69, 9.17) is 23.2 Å². The Balaban J connectivity index is 2.24. The first-order valence-corrected chi connectivity index (χ1v) is 14.3. The summed E-state index contributed by atoms with van der Waals surface area (Å²) >= 11 is 12.1. The molecule has 0 fully saturated rings. The van der Waals surface area contributed by atoms with Crippen LogP contribution in [0.4, 0.5) is 18.9 Å². The molecule has 0 spiro atoms. The summed E-state index contributed by atoms with van der Waals surface area (Å²) in [4.78, 5) is 27.3. The average molecular weight is 596 g/mol. The first kappa shape index (κ1) is 31.7. The Labute approximate surface area is 230 Å². The van der Waals surface area contributed by atoms with E-state index < -0.39 is 33.7 Å². The third kappa shape index (κ3) is 9.06. The Morgan fingerprint density at radius 1 is 1.03 bits per heavy atom. The van der Waals surface area contributed by atoms with E-state index in [9.17, 15) is 31.2 Å². The zero-order valence-corrected chi connectivity index (χ0v) is 23.7. The molecule has 1 N–H and O–H groups in total. The van der Waals surface area contributed by atoms with Crippen LogP contribution in [0.1, 0.15) is 44.7 Å². The molecule has 0 radical (unpaired) electrons. The number of carbonyl (C=O) groups excluding carboxylic acids is 2. The molecule has 0 unspecified atom stereocenters. The van der Waals surface area contributed by atoms with Crippen LogP contribution >= 0.6 is 23.2 Å². The smallest absolute Gasteiger partial charge is 0.352 e. The molecule has 0 aliphatic rings. The lowest BCUT2D eigenvalue weighted by molar-refractivity contribution is -0.140. The van der Waals surface area contributed by atoms with Gasteiger partial charge in [0.25, 0.3) is 0 Å². The van der Waals surface area contributed by atoms with Crippen LogP contribution < -0.4 is 9.62 Å². The van der Waals surface area contributed by atoms with E-state index in [2.05, 4.69) is 5.32 Å². The van der Waals surface area contributed by atoms with E-state index in [-0.39, 0.29) is 48.6 Å². The number of anilines is 1. The molecule has 1 atom stereocenters. The molecule has 0 heterocycles. The second-order valence-electron chi connectivity index (χ2n) is 9.10. The van der Waals surface area contributed by atoms with Crippen molar-refractivity contribution in [2.75, 3.05) is 17.1 Å². The molecule has 2 rings (SSSR count). The van der Waals surface area contributed by atoms with Crippen molar-refractivity contribution in [2.24, 2.45) is 0 Å². The first-order valence-electron chi connectivity index (χ1n) is 11.7. The second-order valence-corrected chi connectivity index (χ2v) is 11.8. The van der Waals surface area contributed by atoms with Gasteiger partial charge in [0.1, 0.15) is 6.04 Å². The number of alkyl halides is 3. The Morgan fingerprint density at radius 2 is 1.68 bits per heavy atom. The minimum Gasteiger partial charge on any atom is -0.352 e. The topological polar surface area (TPSA) is 86.8 Å². The van der Waals surface area contributed by atoms with Crippen molar-refractivity contribution in [1.82, 2.24) is 10.2 Å². The fourth-order valence-corrected chi connectivity index (χ4v) is 4.94. The highest BCUT2D eigenvalue weighted by Gasteiger charge is 2.32. The van der Waals surface area contributed by atoms with E-state index in [1.54, 1.807) is 39.0 Å². The van der Waals surface area contributed by atoms with E-state index >= 15 is 0 Å². The SMILES string of the molecule is CC(C)NC(=O)[C@@H](C)N(Cc1ccc(Cl)c(Cl)c1)C(=O)CCCN(c1cccc(C(F)(F)F)c1)S(C)(=O)=O. The zero-order chi connectivity index (χ0) is 28.8. The predicted octanol–water partition coefficient (Wildman–Crippen LogP) is 5.50. The minimum absolute atomic E-state index is 0.00145. The first-order chi connectivity index (χ1) is 17.5. The number of sulfonamides is 1. The fourth-order valence-electron chi connectivity index (χ4n) is 3.66. The number of carbonyl (C=O) groups is 2. The number of nitrogens with one attached hydrogen (secondary N) is 1. The number of halogens is 5. The molecule has 2 aromatic carbocycles. The molecule has 7 nitrogen and oxygen atoms in total. The lowest BCUT2D eigenvalue weighted by atomic mass is 10.1. The van der Waals surface area contributed by atoms with Gasteiger partial charge >= 0.3 is 6.18 Å². The molecule has 0 aliphatic carbocycles. The van der Waals surface area contributed by atoms with Gasteiger partial charge in [0.05, 0.1) is 27.6 Å². The maximum Gasteiger partial charge on any atom is 0.416 e. The molecule has 0 aliphatic heterocycles. The molecule has 0 saturated carbocycles. The minimum atomic E-state index is -4.65.